The van der Waals surface area contributed by atoms with Gasteiger partial charge in [-0.2, -0.15) is 0 Å². The molecule has 1 fully saturated rings. The van der Waals surface area contributed by atoms with Gasteiger partial charge < -0.3 is 15.0 Å². The molecule has 3 heterocycles. The predicted molar refractivity (Wildman–Crippen MR) is 111 cm³/mol. The highest BCUT2D eigenvalue weighted by Gasteiger charge is 2.29. The van der Waals surface area contributed by atoms with Gasteiger partial charge in [-0.15, -0.1) is 0 Å². The summed E-state index contributed by atoms with van der Waals surface area (Å²) in [7, 11) is 0. The summed E-state index contributed by atoms with van der Waals surface area (Å²) in [4.78, 5) is 24.3. The number of aryl methyl sites for hydroxylation is 1. The molecule has 0 spiro atoms. The van der Waals surface area contributed by atoms with Crippen molar-refractivity contribution in [1.29, 1.82) is 0 Å². The molecule has 1 aliphatic carbocycles. The fraction of sp³-hybridized carbons (Fsp3) is 0.522. The second-order valence-electron chi connectivity index (χ2n) is 8.42. The molecule has 6 nitrogen and oxygen atoms in total. The van der Waals surface area contributed by atoms with Crippen molar-refractivity contribution in [3.05, 3.63) is 47.4 Å². The van der Waals surface area contributed by atoms with E-state index in [1.807, 2.05) is 18.2 Å². The van der Waals surface area contributed by atoms with E-state index in [9.17, 15) is 4.79 Å². The number of aromatic nitrogens is 2. The zero-order valence-electron chi connectivity index (χ0n) is 16.8. The number of benzene rings is 1. The maximum Gasteiger partial charge on any atom is 0.227 e. The first-order chi connectivity index (χ1) is 14.3. The number of piperidine rings is 1. The number of ether oxygens (including phenoxy) is 1. The smallest absolute Gasteiger partial charge is 0.227 e. The molecule has 1 atom stereocenters. The molecule has 0 unspecified atom stereocenters. The van der Waals surface area contributed by atoms with Crippen LogP contribution in [0.1, 0.15) is 42.5 Å². The number of nitrogens with one attached hydrogen (secondary N) is 1. The second-order valence-corrected chi connectivity index (χ2v) is 8.42. The maximum atomic E-state index is 12.8. The Kier molecular flexibility index (Phi) is 5.08. The van der Waals surface area contributed by atoms with Gasteiger partial charge in [0.25, 0.3) is 0 Å². The third-order valence-corrected chi connectivity index (χ3v) is 6.49. The zero-order valence-corrected chi connectivity index (χ0v) is 16.8. The second kappa shape index (κ2) is 8.01. The molecule has 0 saturated carbocycles. The van der Waals surface area contributed by atoms with Crippen LogP contribution in [0.4, 0.5) is 5.82 Å². The Morgan fingerprint density at radius 3 is 2.83 bits per heavy atom. The Bertz CT molecular complexity index is 892. The molecular weight excluding hydrogens is 364 g/mol. The normalized spacial score (nSPS) is 21.7. The lowest BCUT2D eigenvalue weighted by Crippen LogP contribution is -2.48. The average Bonchev–Trinajstić information content (AvgIpc) is 2.79. The Morgan fingerprint density at radius 1 is 1.10 bits per heavy atom. The van der Waals surface area contributed by atoms with Crippen LogP contribution >= 0.6 is 0 Å². The van der Waals surface area contributed by atoms with Gasteiger partial charge in [0, 0.05) is 30.4 Å². The summed E-state index contributed by atoms with van der Waals surface area (Å²) in [6.07, 6.45) is 9.00. The summed E-state index contributed by atoms with van der Waals surface area (Å²) in [6.45, 7) is 2.32. The van der Waals surface area contributed by atoms with E-state index in [4.69, 9.17) is 4.74 Å². The molecular formula is C23H28N4O2. The molecule has 29 heavy (non-hydrogen) atoms. The van der Waals surface area contributed by atoms with Crippen LogP contribution in [0.15, 0.2) is 30.6 Å². The molecule has 1 saturated heterocycles. The van der Waals surface area contributed by atoms with Crippen LogP contribution in [0.2, 0.25) is 0 Å². The molecule has 1 aromatic heterocycles. The molecule has 1 aromatic carbocycles. The van der Waals surface area contributed by atoms with Gasteiger partial charge in [-0.1, -0.05) is 18.2 Å². The molecule has 1 amide bonds. The monoisotopic (exact) mass is 392 g/mol. The first-order valence-electron chi connectivity index (χ1n) is 10.9. The molecule has 152 valence electrons. The van der Waals surface area contributed by atoms with Crippen LogP contribution < -0.4 is 15.0 Å². The van der Waals surface area contributed by atoms with Gasteiger partial charge in [-0.3, -0.25) is 4.79 Å². The molecule has 0 radical (unpaired) electrons. The van der Waals surface area contributed by atoms with Crippen molar-refractivity contribution in [1.82, 2.24) is 15.3 Å². The maximum absolute atomic E-state index is 12.8. The Balaban J connectivity index is 1.17. The summed E-state index contributed by atoms with van der Waals surface area (Å²) < 4.78 is 5.79. The minimum Gasteiger partial charge on any atom is -0.492 e. The quantitative estimate of drug-likeness (QED) is 0.870. The lowest BCUT2D eigenvalue weighted by atomic mass is 9.94. The number of rotatable bonds is 3. The number of amides is 1. The summed E-state index contributed by atoms with van der Waals surface area (Å²) in [6, 6.07) is 8.24. The van der Waals surface area contributed by atoms with Crippen LogP contribution in [0, 0.1) is 5.92 Å². The number of carbonyl (C=O) groups excluding carboxylic acids is 1. The van der Waals surface area contributed by atoms with E-state index in [1.165, 1.54) is 24.1 Å². The van der Waals surface area contributed by atoms with E-state index < -0.39 is 0 Å². The van der Waals surface area contributed by atoms with E-state index in [2.05, 4.69) is 26.3 Å². The van der Waals surface area contributed by atoms with Crippen LogP contribution in [0.3, 0.4) is 0 Å². The summed E-state index contributed by atoms with van der Waals surface area (Å²) >= 11 is 0. The van der Waals surface area contributed by atoms with Gasteiger partial charge in [0.2, 0.25) is 5.91 Å². The van der Waals surface area contributed by atoms with E-state index >= 15 is 0 Å². The van der Waals surface area contributed by atoms with E-state index in [1.54, 1.807) is 6.33 Å². The first-order valence-corrected chi connectivity index (χ1v) is 10.9. The van der Waals surface area contributed by atoms with Crippen molar-refractivity contribution in [2.24, 2.45) is 5.92 Å². The first kappa shape index (κ1) is 18.4. The lowest BCUT2D eigenvalue weighted by Gasteiger charge is -2.35. The van der Waals surface area contributed by atoms with Crippen molar-refractivity contribution in [3.8, 4) is 5.75 Å². The number of anilines is 1. The number of fused-ring (bicyclic) bond motifs is 2. The average molecular weight is 393 g/mol. The Labute approximate surface area is 171 Å². The molecule has 1 N–H and O–H groups in total. The minimum absolute atomic E-state index is 0.100. The van der Waals surface area contributed by atoms with Crippen LogP contribution in [0.5, 0.6) is 5.75 Å². The van der Waals surface area contributed by atoms with Gasteiger partial charge in [0.1, 0.15) is 24.5 Å². The van der Waals surface area contributed by atoms with Gasteiger partial charge in [0.15, 0.2) is 0 Å². The van der Waals surface area contributed by atoms with Crippen LogP contribution in [0.25, 0.3) is 0 Å². The molecule has 0 bridgehead atoms. The molecule has 3 aliphatic rings. The van der Waals surface area contributed by atoms with Crippen molar-refractivity contribution in [3.63, 3.8) is 0 Å². The number of hydrogen-bond donors (Lipinski definition) is 1. The van der Waals surface area contributed by atoms with E-state index in [0.29, 0.717) is 6.61 Å². The third-order valence-electron chi connectivity index (χ3n) is 6.49. The molecule has 2 aromatic rings. The highest BCUT2D eigenvalue weighted by atomic mass is 16.5. The summed E-state index contributed by atoms with van der Waals surface area (Å²) in [5.74, 6) is 2.06. The van der Waals surface area contributed by atoms with Gasteiger partial charge in [-0.25, -0.2) is 9.97 Å². The highest BCUT2D eigenvalue weighted by molar-refractivity contribution is 5.80. The third kappa shape index (κ3) is 3.80. The Morgan fingerprint density at radius 2 is 1.93 bits per heavy atom. The molecule has 2 aliphatic heterocycles. The van der Waals surface area contributed by atoms with Gasteiger partial charge in [-0.05, 0) is 56.6 Å². The zero-order chi connectivity index (χ0) is 19.6. The fourth-order valence-electron chi connectivity index (χ4n) is 4.83. The van der Waals surface area contributed by atoms with Gasteiger partial charge in [0.05, 0.1) is 5.92 Å². The van der Waals surface area contributed by atoms with E-state index in [-0.39, 0.29) is 17.9 Å². The van der Waals surface area contributed by atoms with Crippen molar-refractivity contribution in [2.75, 3.05) is 24.6 Å². The number of nitrogens with zero attached hydrogens (tertiary/aromatic N) is 3. The topological polar surface area (TPSA) is 67.4 Å². The number of hydrogen-bond acceptors (Lipinski definition) is 5. The highest BCUT2D eigenvalue weighted by Crippen LogP contribution is 2.30. The minimum atomic E-state index is -0.100. The summed E-state index contributed by atoms with van der Waals surface area (Å²) in [5, 5.41) is 3.28. The largest absolute Gasteiger partial charge is 0.492 e. The van der Waals surface area contributed by atoms with E-state index in [0.717, 1.165) is 62.3 Å². The van der Waals surface area contributed by atoms with Crippen LogP contribution in [-0.2, 0) is 24.1 Å². The molecule has 6 heteroatoms. The fourth-order valence-corrected chi connectivity index (χ4v) is 4.83. The molecule has 5 rings (SSSR count). The van der Waals surface area contributed by atoms with Crippen molar-refractivity contribution >= 4 is 11.7 Å². The Hall–Kier alpha value is -2.63. The predicted octanol–water partition coefficient (Wildman–Crippen LogP) is 2.69. The summed E-state index contributed by atoms with van der Waals surface area (Å²) in [5.41, 5.74) is 3.70. The lowest BCUT2D eigenvalue weighted by molar-refractivity contribution is -0.127. The van der Waals surface area contributed by atoms with Crippen molar-refractivity contribution < 1.29 is 9.53 Å². The van der Waals surface area contributed by atoms with Gasteiger partial charge >= 0.3 is 0 Å². The number of carbonyl (C=O) groups is 1. The van der Waals surface area contributed by atoms with Crippen LogP contribution in [-0.4, -0.2) is 41.6 Å². The SMILES string of the molecule is O=C(NC1CCN(c2ncnc3c2CCCC3)CC1)[C@@H]1COc2ccccc2C1. The standard InChI is InChI=1S/C23H28N4O2/c28-23(17-13-16-5-1-4-8-21(16)29-14-17)26-18-9-11-27(12-10-18)22-19-6-2-3-7-20(19)24-15-25-22/h1,4-5,8,15,17-18H,2-3,6-7,9-14H2,(H,26,28)/t17-/m0/s1. The number of para-hydroxylation sites is 1. The van der Waals surface area contributed by atoms with Crippen molar-refractivity contribution in [2.45, 2.75) is 51.0 Å².